The molecule has 0 atom stereocenters. The van der Waals surface area contributed by atoms with Crippen molar-refractivity contribution in [1.82, 2.24) is 15.2 Å². The van der Waals surface area contributed by atoms with Gasteiger partial charge in [-0.15, -0.1) is 11.3 Å². The van der Waals surface area contributed by atoms with Crippen LogP contribution in [0.4, 0.5) is 0 Å². The quantitative estimate of drug-likeness (QED) is 0.793. The Kier molecular flexibility index (Phi) is 4.27. The summed E-state index contributed by atoms with van der Waals surface area (Å²) in [5.74, 6) is -0.630. The maximum absolute atomic E-state index is 12.3. The van der Waals surface area contributed by atoms with Crippen molar-refractivity contribution in [2.75, 3.05) is 19.6 Å². The number of piperidine rings is 1. The number of hydrogen-bond acceptors (Lipinski definition) is 5. The Balaban J connectivity index is 2.13. The second kappa shape index (κ2) is 5.92. The molecule has 1 aliphatic heterocycles. The molecular formula is C11H16N4O2S. The molecule has 2 amide bonds. The molecule has 2 heterocycles. The van der Waals surface area contributed by atoms with E-state index in [-0.39, 0.29) is 18.5 Å². The van der Waals surface area contributed by atoms with Gasteiger partial charge in [0.25, 0.3) is 5.91 Å². The van der Waals surface area contributed by atoms with E-state index in [1.807, 2.05) is 0 Å². The molecule has 98 valence electrons. The van der Waals surface area contributed by atoms with Crippen LogP contribution in [-0.4, -0.2) is 47.4 Å². The summed E-state index contributed by atoms with van der Waals surface area (Å²) >= 11 is 1.28. The highest BCUT2D eigenvalue weighted by Gasteiger charge is 2.27. The van der Waals surface area contributed by atoms with Gasteiger partial charge in [-0.2, -0.15) is 0 Å². The summed E-state index contributed by atoms with van der Waals surface area (Å²) in [7, 11) is 0. The number of nitrogens with zero attached hydrogens (tertiary/aromatic N) is 2. The van der Waals surface area contributed by atoms with Gasteiger partial charge in [0.1, 0.15) is 4.88 Å². The largest absolute Gasteiger partial charge is 0.368 e. The Morgan fingerprint density at radius 1 is 1.50 bits per heavy atom. The van der Waals surface area contributed by atoms with E-state index in [0.717, 1.165) is 25.9 Å². The third kappa shape index (κ3) is 3.05. The van der Waals surface area contributed by atoms with Gasteiger partial charge in [-0.1, -0.05) is 0 Å². The van der Waals surface area contributed by atoms with Crippen molar-refractivity contribution in [1.29, 1.82) is 0 Å². The molecule has 0 radical (unpaired) electrons. The van der Waals surface area contributed by atoms with Crippen LogP contribution in [0.5, 0.6) is 0 Å². The number of aromatic nitrogens is 1. The molecule has 1 fully saturated rings. The number of carbonyl (C=O) groups is 2. The molecule has 0 aromatic carbocycles. The molecule has 1 aliphatic rings. The van der Waals surface area contributed by atoms with Crippen LogP contribution < -0.4 is 11.1 Å². The molecule has 2 rings (SSSR count). The van der Waals surface area contributed by atoms with E-state index in [4.69, 9.17) is 5.73 Å². The maximum atomic E-state index is 12.3. The second-order valence-electron chi connectivity index (χ2n) is 4.25. The van der Waals surface area contributed by atoms with E-state index in [2.05, 4.69) is 10.3 Å². The zero-order valence-corrected chi connectivity index (χ0v) is 10.8. The third-order valence-corrected chi connectivity index (χ3v) is 3.74. The first-order valence-corrected chi connectivity index (χ1v) is 6.75. The van der Waals surface area contributed by atoms with Crippen LogP contribution in [0.15, 0.2) is 11.7 Å². The lowest BCUT2D eigenvalue weighted by Crippen LogP contribution is -2.49. The van der Waals surface area contributed by atoms with Crippen molar-refractivity contribution in [2.24, 2.45) is 5.73 Å². The molecule has 1 aromatic heterocycles. The molecule has 0 bridgehead atoms. The van der Waals surface area contributed by atoms with Gasteiger partial charge in [0.05, 0.1) is 18.3 Å². The van der Waals surface area contributed by atoms with Crippen LogP contribution in [0.25, 0.3) is 0 Å². The van der Waals surface area contributed by atoms with Gasteiger partial charge in [-0.25, -0.2) is 0 Å². The number of amides is 2. The van der Waals surface area contributed by atoms with Gasteiger partial charge in [-0.3, -0.25) is 14.6 Å². The van der Waals surface area contributed by atoms with Crippen LogP contribution in [0, 0.1) is 0 Å². The van der Waals surface area contributed by atoms with Crippen LogP contribution in [0.1, 0.15) is 22.5 Å². The lowest BCUT2D eigenvalue weighted by molar-refractivity contribution is -0.119. The molecule has 0 aliphatic carbocycles. The number of rotatable bonds is 4. The summed E-state index contributed by atoms with van der Waals surface area (Å²) in [5, 5.41) is 3.23. The molecule has 0 saturated carbocycles. The summed E-state index contributed by atoms with van der Waals surface area (Å²) in [6.07, 6.45) is 3.22. The van der Waals surface area contributed by atoms with E-state index in [1.54, 1.807) is 10.4 Å². The van der Waals surface area contributed by atoms with Gasteiger partial charge in [0.15, 0.2) is 0 Å². The standard InChI is InChI=1S/C11H16N4O2S/c12-10(16)6-15(8-1-3-13-4-2-8)11(17)9-5-14-7-18-9/h5,7-8,13H,1-4,6H2,(H2,12,16). The maximum Gasteiger partial charge on any atom is 0.266 e. The molecule has 0 spiro atoms. The highest BCUT2D eigenvalue weighted by molar-refractivity contribution is 7.11. The average molecular weight is 268 g/mol. The number of nitrogens with one attached hydrogen (secondary N) is 1. The van der Waals surface area contributed by atoms with E-state index < -0.39 is 5.91 Å². The third-order valence-electron chi connectivity index (χ3n) is 2.98. The van der Waals surface area contributed by atoms with E-state index in [1.165, 1.54) is 17.5 Å². The Hall–Kier alpha value is -1.47. The molecule has 18 heavy (non-hydrogen) atoms. The van der Waals surface area contributed by atoms with Crippen LogP contribution in [0.2, 0.25) is 0 Å². The summed E-state index contributed by atoms with van der Waals surface area (Å²) in [5.41, 5.74) is 6.84. The van der Waals surface area contributed by atoms with Crippen molar-refractivity contribution >= 4 is 23.2 Å². The number of thiazole rings is 1. The fourth-order valence-corrected chi connectivity index (χ4v) is 2.69. The Bertz CT molecular complexity index is 415. The summed E-state index contributed by atoms with van der Waals surface area (Å²) in [6.45, 7) is 1.69. The Morgan fingerprint density at radius 2 is 2.22 bits per heavy atom. The fraction of sp³-hybridized carbons (Fsp3) is 0.545. The first-order chi connectivity index (χ1) is 8.68. The predicted octanol–water partition coefficient (Wildman–Crippen LogP) is -0.177. The first kappa shape index (κ1) is 13.0. The van der Waals surface area contributed by atoms with Crippen molar-refractivity contribution in [2.45, 2.75) is 18.9 Å². The van der Waals surface area contributed by atoms with Gasteiger partial charge >= 0.3 is 0 Å². The van der Waals surface area contributed by atoms with Gasteiger partial charge < -0.3 is 16.0 Å². The number of primary amides is 1. The molecule has 7 heteroatoms. The number of hydrogen-bond donors (Lipinski definition) is 2. The number of carbonyl (C=O) groups excluding carboxylic acids is 2. The molecule has 1 aromatic rings. The van der Waals surface area contributed by atoms with E-state index >= 15 is 0 Å². The summed E-state index contributed by atoms with van der Waals surface area (Å²) in [4.78, 5) is 29.5. The minimum atomic E-state index is -0.480. The first-order valence-electron chi connectivity index (χ1n) is 5.87. The predicted molar refractivity (Wildman–Crippen MR) is 68.2 cm³/mol. The Morgan fingerprint density at radius 3 is 2.78 bits per heavy atom. The van der Waals surface area contributed by atoms with Gasteiger partial charge in [-0.05, 0) is 25.9 Å². The highest BCUT2D eigenvalue weighted by Crippen LogP contribution is 2.17. The van der Waals surface area contributed by atoms with Crippen LogP contribution >= 0.6 is 11.3 Å². The Labute approximate surface area is 109 Å². The lowest BCUT2D eigenvalue weighted by atomic mass is 10.0. The molecule has 3 N–H and O–H groups in total. The van der Waals surface area contributed by atoms with Crippen molar-refractivity contribution in [3.63, 3.8) is 0 Å². The molecular weight excluding hydrogens is 252 g/mol. The average Bonchev–Trinajstić information content (AvgIpc) is 2.90. The second-order valence-corrected chi connectivity index (χ2v) is 5.13. The van der Waals surface area contributed by atoms with Crippen LogP contribution in [0.3, 0.4) is 0 Å². The van der Waals surface area contributed by atoms with Crippen LogP contribution in [-0.2, 0) is 4.79 Å². The zero-order chi connectivity index (χ0) is 13.0. The van der Waals surface area contributed by atoms with E-state index in [0.29, 0.717) is 4.88 Å². The van der Waals surface area contributed by atoms with Gasteiger partial charge in [0.2, 0.25) is 5.91 Å². The topological polar surface area (TPSA) is 88.3 Å². The smallest absolute Gasteiger partial charge is 0.266 e. The molecule has 1 saturated heterocycles. The minimum absolute atomic E-state index is 0.0264. The minimum Gasteiger partial charge on any atom is -0.368 e. The normalized spacial score (nSPS) is 16.4. The summed E-state index contributed by atoms with van der Waals surface area (Å²) in [6, 6.07) is 0.0772. The lowest BCUT2D eigenvalue weighted by Gasteiger charge is -2.33. The zero-order valence-electron chi connectivity index (χ0n) is 9.96. The highest BCUT2D eigenvalue weighted by atomic mass is 32.1. The van der Waals surface area contributed by atoms with E-state index in [9.17, 15) is 9.59 Å². The molecule has 0 unspecified atom stereocenters. The monoisotopic (exact) mass is 268 g/mol. The van der Waals surface area contributed by atoms with Gasteiger partial charge in [0, 0.05) is 6.04 Å². The van der Waals surface area contributed by atoms with Crippen molar-refractivity contribution in [3.8, 4) is 0 Å². The fourth-order valence-electron chi connectivity index (χ4n) is 2.12. The summed E-state index contributed by atoms with van der Waals surface area (Å²) < 4.78 is 0. The van der Waals surface area contributed by atoms with Crippen molar-refractivity contribution < 1.29 is 9.59 Å². The number of nitrogens with two attached hydrogens (primary N) is 1. The van der Waals surface area contributed by atoms with Crippen molar-refractivity contribution in [3.05, 3.63) is 16.6 Å². The molecule has 6 nitrogen and oxygen atoms in total. The SMILES string of the molecule is NC(=O)CN(C(=O)c1cncs1)C1CCNCC1.